The number of H-pyrrole nitrogens is 1. The van der Waals surface area contributed by atoms with Crippen LogP contribution >= 0.6 is 0 Å². The highest BCUT2D eigenvalue weighted by Crippen LogP contribution is 2.32. The number of benzene rings is 1. The molecule has 1 aliphatic carbocycles. The Morgan fingerprint density at radius 3 is 2.84 bits per heavy atom. The average molecular weight is 337 g/mol. The van der Waals surface area contributed by atoms with Crippen molar-refractivity contribution in [2.75, 3.05) is 19.6 Å². The normalized spacial score (nSPS) is 27.4. The number of aromatic amines is 1. The summed E-state index contributed by atoms with van der Waals surface area (Å²) in [6.45, 7) is 2.72. The molecule has 2 aliphatic rings. The number of fused-ring (bicyclic) bond motifs is 2. The van der Waals surface area contributed by atoms with E-state index in [4.69, 9.17) is 0 Å². The zero-order valence-corrected chi connectivity index (χ0v) is 14.5. The maximum absolute atomic E-state index is 10.6. The van der Waals surface area contributed by atoms with Crippen LogP contribution in [0.2, 0.25) is 0 Å². The summed E-state index contributed by atoms with van der Waals surface area (Å²) in [5.74, 6) is 2.30. The van der Waals surface area contributed by atoms with Gasteiger partial charge in [-0.2, -0.15) is 5.26 Å². The molecule has 2 fully saturated rings. The van der Waals surface area contributed by atoms with E-state index < -0.39 is 0 Å². The van der Waals surface area contributed by atoms with Crippen molar-refractivity contribution in [1.82, 2.24) is 9.97 Å². The molecule has 25 heavy (non-hydrogen) atoms. The van der Waals surface area contributed by atoms with Gasteiger partial charge in [0.15, 0.2) is 11.6 Å². The SMILES string of the molecule is N#C/C(=C(/O)C[NH+]1CC[C@@H]2CCCC[C@@H]2C1)c1nc2ccccc2[nH]1. The lowest BCUT2D eigenvalue weighted by atomic mass is 9.75. The van der Waals surface area contributed by atoms with Gasteiger partial charge in [-0.3, -0.25) is 0 Å². The smallest absolute Gasteiger partial charge is 0.169 e. The first-order valence-corrected chi connectivity index (χ1v) is 9.35. The third-order valence-electron chi connectivity index (χ3n) is 5.93. The lowest BCUT2D eigenvalue weighted by molar-refractivity contribution is -0.907. The molecule has 0 radical (unpaired) electrons. The van der Waals surface area contributed by atoms with E-state index in [0.29, 0.717) is 12.4 Å². The van der Waals surface area contributed by atoms with Gasteiger partial charge in [0, 0.05) is 5.92 Å². The monoisotopic (exact) mass is 337 g/mol. The van der Waals surface area contributed by atoms with Gasteiger partial charge in [-0.1, -0.05) is 25.0 Å². The number of aromatic nitrogens is 2. The van der Waals surface area contributed by atoms with Crippen molar-refractivity contribution < 1.29 is 10.0 Å². The summed E-state index contributed by atoms with van der Waals surface area (Å²) in [7, 11) is 0. The average Bonchev–Trinajstić information content (AvgIpc) is 3.05. The predicted octanol–water partition coefficient (Wildman–Crippen LogP) is 2.45. The van der Waals surface area contributed by atoms with E-state index in [0.717, 1.165) is 36.0 Å². The summed E-state index contributed by atoms with van der Waals surface area (Å²) in [6, 6.07) is 9.82. The van der Waals surface area contributed by atoms with Gasteiger partial charge in [0.1, 0.15) is 18.2 Å². The van der Waals surface area contributed by atoms with Crippen LogP contribution in [0.4, 0.5) is 0 Å². The van der Waals surface area contributed by atoms with Crippen molar-refractivity contribution in [3.63, 3.8) is 0 Å². The van der Waals surface area contributed by atoms with Crippen molar-refractivity contribution in [2.24, 2.45) is 11.8 Å². The number of nitriles is 1. The molecular formula is C20H25N4O+. The molecular weight excluding hydrogens is 312 g/mol. The minimum absolute atomic E-state index is 0.158. The lowest BCUT2D eigenvalue weighted by Gasteiger charge is -2.38. The number of para-hydroxylation sites is 2. The highest BCUT2D eigenvalue weighted by Gasteiger charge is 2.34. The van der Waals surface area contributed by atoms with Crippen LogP contribution in [0.15, 0.2) is 30.0 Å². The number of quaternary nitrogens is 1. The fourth-order valence-corrected chi connectivity index (χ4v) is 4.61. The van der Waals surface area contributed by atoms with Crippen LogP contribution in [-0.2, 0) is 0 Å². The Morgan fingerprint density at radius 2 is 2.04 bits per heavy atom. The molecule has 5 heteroatoms. The molecule has 2 heterocycles. The molecule has 0 spiro atoms. The molecule has 1 aromatic heterocycles. The van der Waals surface area contributed by atoms with Crippen molar-refractivity contribution in [1.29, 1.82) is 5.26 Å². The number of imidazole rings is 1. The van der Waals surface area contributed by atoms with E-state index in [9.17, 15) is 10.4 Å². The van der Waals surface area contributed by atoms with Crippen LogP contribution in [0.3, 0.4) is 0 Å². The highest BCUT2D eigenvalue weighted by atomic mass is 16.3. The predicted molar refractivity (Wildman–Crippen MR) is 96.9 cm³/mol. The fraction of sp³-hybridized carbons (Fsp3) is 0.500. The van der Waals surface area contributed by atoms with Gasteiger partial charge in [0.2, 0.25) is 0 Å². The van der Waals surface area contributed by atoms with Gasteiger partial charge in [-0.15, -0.1) is 0 Å². The van der Waals surface area contributed by atoms with Crippen molar-refractivity contribution in [3.8, 4) is 6.07 Å². The molecule has 1 aliphatic heterocycles. The fourth-order valence-electron chi connectivity index (χ4n) is 4.61. The Kier molecular flexibility index (Phi) is 4.46. The zero-order valence-electron chi connectivity index (χ0n) is 14.5. The summed E-state index contributed by atoms with van der Waals surface area (Å²) < 4.78 is 0. The zero-order chi connectivity index (χ0) is 17.2. The van der Waals surface area contributed by atoms with Gasteiger partial charge in [0.25, 0.3) is 0 Å². The van der Waals surface area contributed by atoms with Crippen LogP contribution in [0.1, 0.15) is 37.9 Å². The van der Waals surface area contributed by atoms with Crippen LogP contribution in [-0.4, -0.2) is 34.7 Å². The van der Waals surface area contributed by atoms with Crippen molar-refractivity contribution in [2.45, 2.75) is 32.1 Å². The van der Waals surface area contributed by atoms with Crippen LogP contribution in [0.25, 0.3) is 16.6 Å². The molecule has 2 aromatic rings. The number of allylic oxidation sites excluding steroid dienone is 1. The van der Waals surface area contributed by atoms with E-state index in [2.05, 4.69) is 16.0 Å². The number of likely N-dealkylation sites (tertiary alicyclic amines) is 1. The maximum Gasteiger partial charge on any atom is 0.169 e. The molecule has 130 valence electrons. The maximum atomic E-state index is 10.6. The van der Waals surface area contributed by atoms with E-state index in [-0.39, 0.29) is 11.3 Å². The molecule has 5 nitrogen and oxygen atoms in total. The van der Waals surface area contributed by atoms with E-state index in [1.165, 1.54) is 37.0 Å². The molecule has 1 saturated heterocycles. The van der Waals surface area contributed by atoms with Gasteiger partial charge >= 0.3 is 0 Å². The molecule has 1 aromatic carbocycles. The number of aliphatic hydroxyl groups is 1. The summed E-state index contributed by atoms with van der Waals surface area (Å²) in [5.41, 5.74) is 1.97. The second kappa shape index (κ2) is 6.89. The molecule has 4 rings (SSSR count). The Balaban J connectivity index is 1.52. The molecule has 1 saturated carbocycles. The topological polar surface area (TPSA) is 77.1 Å². The number of piperidine rings is 1. The first kappa shape index (κ1) is 16.2. The molecule has 3 atom stereocenters. The molecule has 0 bridgehead atoms. The quantitative estimate of drug-likeness (QED) is 0.595. The Hall–Kier alpha value is -2.32. The number of rotatable bonds is 3. The molecule has 1 unspecified atom stereocenters. The number of hydrogen-bond donors (Lipinski definition) is 3. The highest BCUT2D eigenvalue weighted by molar-refractivity contribution is 5.82. The van der Waals surface area contributed by atoms with E-state index in [1.54, 1.807) is 0 Å². The summed E-state index contributed by atoms with van der Waals surface area (Å²) in [5, 5.41) is 20.2. The minimum atomic E-state index is 0.158. The number of aliphatic hydroxyl groups excluding tert-OH is 1. The van der Waals surface area contributed by atoms with E-state index >= 15 is 0 Å². The number of hydrogen-bond acceptors (Lipinski definition) is 3. The van der Waals surface area contributed by atoms with Gasteiger partial charge in [-0.05, 0) is 37.3 Å². The second-order valence-electron chi connectivity index (χ2n) is 7.51. The van der Waals surface area contributed by atoms with Crippen molar-refractivity contribution >= 4 is 16.6 Å². The lowest BCUT2D eigenvalue weighted by Crippen LogP contribution is -3.14. The minimum Gasteiger partial charge on any atom is -0.506 e. The van der Waals surface area contributed by atoms with Gasteiger partial charge in [-0.25, -0.2) is 4.98 Å². The molecule has 0 amide bonds. The van der Waals surface area contributed by atoms with Crippen molar-refractivity contribution in [3.05, 3.63) is 35.8 Å². The second-order valence-corrected chi connectivity index (χ2v) is 7.51. The summed E-state index contributed by atoms with van der Waals surface area (Å²) >= 11 is 0. The Labute approximate surface area is 148 Å². The van der Waals surface area contributed by atoms with Gasteiger partial charge in [0.05, 0.1) is 24.1 Å². The first-order valence-electron chi connectivity index (χ1n) is 9.35. The standard InChI is InChI=1S/C20H24N4O/c21-11-16(20-22-17-7-3-4-8-18(17)23-20)19(25)13-24-10-9-14-5-1-2-6-15(14)12-24/h3-4,7-8,14-15,25H,1-2,5-6,9-10,12-13H2,(H,22,23)/p+1/b19-16-/t14-,15+/m0/s1. The number of nitrogens with one attached hydrogen (secondary N) is 2. The first-order chi connectivity index (χ1) is 12.2. The Morgan fingerprint density at radius 1 is 1.24 bits per heavy atom. The summed E-state index contributed by atoms with van der Waals surface area (Å²) in [4.78, 5) is 9.00. The third-order valence-corrected chi connectivity index (χ3v) is 5.93. The van der Waals surface area contributed by atoms with Gasteiger partial charge < -0.3 is 15.0 Å². The Bertz CT molecular complexity index is 799. The number of nitrogens with zero attached hydrogens (tertiary/aromatic N) is 2. The largest absolute Gasteiger partial charge is 0.506 e. The van der Waals surface area contributed by atoms with Crippen LogP contribution in [0, 0.1) is 23.2 Å². The van der Waals surface area contributed by atoms with E-state index in [1.807, 2.05) is 24.3 Å². The summed E-state index contributed by atoms with van der Waals surface area (Å²) in [6.07, 6.45) is 6.68. The third kappa shape index (κ3) is 3.27. The van der Waals surface area contributed by atoms with Crippen LogP contribution < -0.4 is 4.90 Å². The van der Waals surface area contributed by atoms with Crippen LogP contribution in [0.5, 0.6) is 0 Å². The molecule has 3 N–H and O–H groups in total.